The van der Waals surface area contributed by atoms with E-state index in [4.69, 9.17) is 0 Å². The van der Waals surface area contributed by atoms with Crippen molar-refractivity contribution in [1.29, 1.82) is 0 Å². The van der Waals surface area contributed by atoms with Gasteiger partial charge in [0.05, 0.1) is 0 Å². The second-order valence-electron chi connectivity index (χ2n) is 5.46. The summed E-state index contributed by atoms with van der Waals surface area (Å²) in [5.41, 5.74) is 1.07. The molecule has 1 aliphatic carbocycles. The fourth-order valence-electron chi connectivity index (χ4n) is 2.85. The molecule has 1 saturated heterocycles. The molecule has 104 valence electrons. The minimum atomic E-state index is 0.871. The summed E-state index contributed by atoms with van der Waals surface area (Å²) in [7, 11) is 0. The second kappa shape index (κ2) is 5.67. The van der Waals surface area contributed by atoms with Gasteiger partial charge in [-0.15, -0.1) is 0 Å². The SMILES string of the molecule is CSc1nc(C)cc(N2CCN(C3CCC3)CC2)n1. The molecule has 0 atom stereocenters. The van der Waals surface area contributed by atoms with Crippen LogP contribution in [0, 0.1) is 6.92 Å². The van der Waals surface area contributed by atoms with Gasteiger partial charge in [0.1, 0.15) is 5.82 Å². The van der Waals surface area contributed by atoms with Crippen molar-refractivity contribution in [3.8, 4) is 0 Å². The number of aromatic nitrogens is 2. The van der Waals surface area contributed by atoms with Gasteiger partial charge in [-0.3, -0.25) is 4.90 Å². The minimum absolute atomic E-state index is 0.871. The van der Waals surface area contributed by atoms with Crippen molar-refractivity contribution < 1.29 is 0 Å². The van der Waals surface area contributed by atoms with Gasteiger partial charge in [0, 0.05) is 44.0 Å². The van der Waals surface area contributed by atoms with Crippen molar-refractivity contribution in [2.75, 3.05) is 37.3 Å². The molecule has 3 rings (SSSR count). The van der Waals surface area contributed by atoms with Crippen molar-refractivity contribution in [3.63, 3.8) is 0 Å². The monoisotopic (exact) mass is 278 g/mol. The number of piperazine rings is 1. The third-order valence-electron chi connectivity index (χ3n) is 4.23. The normalized spacial score (nSPS) is 21.5. The Morgan fingerprint density at radius 3 is 2.47 bits per heavy atom. The van der Waals surface area contributed by atoms with E-state index in [0.717, 1.165) is 35.8 Å². The van der Waals surface area contributed by atoms with Gasteiger partial charge in [-0.1, -0.05) is 18.2 Å². The molecule has 0 bridgehead atoms. The number of nitrogens with zero attached hydrogens (tertiary/aromatic N) is 4. The topological polar surface area (TPSA) is 32.3 Å². The highest BCUT2D eigenvalue weighted by molar-refractivity contribution is 7.98. The third kappa shape index (κ3) is 2.87. The van der Waals surface area contributed by atoms with Gasteiger partial charge in [-0.25, -0.2) is 9.97 Å². The molecule has 2 aliphatic rings. The summed E-state index contributed by atoms with van der Waals surface area (Å²) in [6.45, 7) is 6.61. The van der Waals surface area contributed by atoms with Crippen molar-refractivity contribution in [1.82, 2.24) is 14.9 Å². The largest absolute Gasteiger partial charge is 0.354 e. The predicted molar refractivity (Wildman–Crippen MR) is 80.0 cm³/mol. The molecular formula is C14H22N4S. The van der Waals surface area contributed by atoms with Crippen LogP contribution in [0.2, 0.25) is 0 Å². The first kappa shape index (κ1) is 13.2. The van der Waals surface area contributed by atoms with Crippen LogP contribution in [0.4, 0.5) is 5.82 Å². The molecule has 5 heteroatoms. The fourth-order valence-corrected chi connectivity index (χ4v) is 3.27. The fraction of sp³-hybridized carbons (Fsp3) is 0.714. The average Bonchev–Trinajstić information content (AvgIpc) is 2.37. The molecule has 0 amide bonds. The maximum atomic E-state index is 4.64. The summed E-state index contributed by atoms with van der Waals surface area (Å²) < 4.78 is 0. The van der Waals surface area contributed by atoms with Crippen molar-refractivity contribution in [3.05, 3.63) is 11.8 Å². The van der Waals surface area contributed by atoms with Gasteiger partial charge >= 0.3 is 0 Å². The first-order chi connectivity index (χ1) is 9.26. The molecule has 2 fully saturated rings. The van der Waals surface area contributed by atoms with Gasteiger partial charge in [0.25, 0.3) is 0 Å². The van der Waals surface area contributed by atoms with Crippen LogP contribution in [0.5, 0.6) is 0 Å². The van der Waals surface area contributed by atoms with Crippen LogP contribution in [0.25, 0.3) is 0 Å². The molecule has 1 saturated carbocycles. The summed E-state index contributed by atoms with van der Waals surface area (Å²) in [5, 5.41) is 0.886. The first-order valence-corrected chi connectivity index (χ1v) is 8.37. The number of aryl methyl sites for hydroxylation is 1. The number of thioether (sulfide) groups is 1. The van der Waals surface area contributed by atoms with Crippen LogP contribution in [-0.4, -0.2) is 53.3 Å². The first-order valence-electron chi connectivity index (χ1n) is 7.15. The Morgan fingerprint density at radius 2 is 1.89 bits per heavy atom. The lowest BCUT2D eigenvalue weighted by Gasteiger charge is -2.43. The van der Waals surface area contributed by atoms with Gasteiger partial charge in [-0.2, -0.15) is 0 Å². The van der Waals surface area contributed by atoms with Crippen LogP contribution < -0.4 is 4.90 Å². The van der Waals surface area contributed by atoms with Crippen LogP contribution >= 0.6 is 11.8 Å². The van der Waals surface area contributed by atoms with E-state index in [1.165, 1.54) is 32.4 Å². The molecule has 0 unspecified atom stereocenters. The Bertz CT molecular complexity index is 439. The Balaban J connectivity index is 1.65. The highest BCUT2D eigenvalue weighted by Crippen LogP contribution is 2.26. The van der Waals surface area contributed by atoms with Crippen LogP contribution in [0.15, 0.2) is 11.2 Å². The zero-order valence-corrected chi connectivity index (χ0v) is 12.6. The highest BCUT2D eigenvalue weighted by atomic mass is 32.2. The Labute approximate surface area is 119 Å². The van der Waals surface area contributed by atoms with Crippen molar-refractivity contribution >= 4 is 17.6 Å². The van der Waals surface area contributed by atoms with E-state index in [-0.39, 0.29) is 0 Å². The van der Waals surface area contributed by atoms with Crippen LogP contribution in [0.3, 0.4) is 0 Å². The zero-order chi connectivity index (χ0) is 13.2. The second-order valence-corrected chi connectivity index (χ2v) is 6.24. The minimum Gasteiger partial charge on any atom is -0.354 e. The lowest BCUT2D eigenvalue weighted by atomic mass is 9.91. The maximum Gasteiger partial charge on any atom is 0.189 e. The van der Waals surface area contributed by atoms with Crippen LogP contribution in [-0.2, 0) is 0 Å². The van der Waals surface area contributed by atoms with Crippen LogP contribution in [0.1, 0.15) is 25.0 Å². The summed E-state index contributed by atoms with van der Waals surface area (Å²) in [4.78, 5) is 14.1. The number of hydrogen-bond acceptors (Lipinski definition) is 5. The predicted octanol–water partition coefficient (Wildman–Crippen LogP) is 2.18. The quantitative estimate of drug-likeness (QED) is 0.625. The Hall–Kier alpha value is -0.810. The molecule has 2 heterocycles. The Kier molecular flexibility index (Phi) is 3.93. The summed E-state index contributed by atoms with van der Waals surface area (Å²) in [5.74, 6) is 1.10. The molecule has 0 radical (unpaired) electrons. The molecule has 19 heavy (non-hydrogen) atoms. The number of hydrogen-bond donors (Lipinski definition) is 0. The molecule has 1 aliphatic heterocycles. The van der Waals surface area contributed by atoms with E-state index in [1.807, 2.05) is 6.26 Å². The lowest BCUT2D eigenvalue weighted by Crippen LogP contribution is -2.52. The third-order valence-corrected chi connectivity index (χ3v) is 4.78. The average molecular weight is 278 g/mol. The lowest BCUT2D eigenvalue weighted by molar-refractivity contribution is 0.120. The summed E-state index contributed by atoms with van der Waals surface area (Å²) in [6, 6.07) is 2.98. The molecule has 0 aromatic carbocycles. The number of rotatable bonds is 3. The number of anilines is 1. The highest BCUT2D eigenvalue weighted by Gasteiger charge is 2.28. The maximum absolute atomic E-state index is 4.64. The van der Waals surface area contributed by atoms with Crippen molar-refractivity contribution in [2.45, 2.75) is 37.4 Å². The molecule has 0 N–H and O–H groups in total. The molecular weight excluding hydrogens is 256 g/mol. The van der Waals surface area contributed by atoms with E-state index in [1.54, 1.807) is 11.8 Å². The van der Waals surface area contributed by atoms with Gasteiger partial charge < -0.3 is 4.90 Å². The zero-order valence-electron chi connectivity index (χ0n) is 11.8. The Morgan fingerprint density at radius 1 is 1.16 bits per heavy atom. The molecule has 0 spiro atoms. The van der Waals surface area contributed by atoms with Gasteiger partial charge in [-0.05, 0) is 26.0 Å². The van der Waals surface area contributed by atoms with E-state index >= 15 is 0 Å². The standard InChI is InChI=1S/C14H22N4S/c1-11-10-13(16-14(15-11)19-2)18-8-6-17(7-9-18)12-4-3-5-12/h10,12H,3-9H2,1-2H3. The van der Waals surface area contributed by atoms with E-state index in [2.05, 4.69) is 32.8 Å². The van der Waals surface area contributed by atoms with E-state index in [0.29, 0.717) is 0 Å². The summed E-state index contributed by atoms with van der Waals surface area (Å²) in [6.07, 6.45) is 6.27. The van der Waals surface area contributed by atoms with Crippen molar-refractivity contribution in [2.24, 2.45) is 0 Å². The summed E-state index contributed by atoms with van der Waals surface area (Å²) >= 11 is 1.62. The molecule has 1 aromatic rings. The van der Waals surface area contributed by atoms with E-state index in [9.17, 15) is 0 Å². The van der Waals surface area contributed by atoms with Gasteiger partial charge in [0.15, 0.2) is 5.16 Å². The van der Waals surface area contributed by atoms with E-state index < -0.39 is 0 Å². The molecule has 1 aromatic heterocycles. The molecule has 4 nitrogen and oxygen atoms in total. The smallest absolute Gasteiger partial charge is 0.189 e. The van der Waals surface area contributed by atoms with Gasteiger partial charge in [0.2, 0.25) is 0 Å².